The number of hydrogen-bond acceptors (Lipinski definition) is 4. The molecule has 0 saturated heterocycles. The van der Waals surface area contributed by atoms with Crippen molar-refractivity contribution in [1.29, 1.82) is 0 Å². The monoisotopic (exact) mass is 528 g/mol. The molecule has 2 N–H and O–H groups in total. The van der Waals surface area contributed by atoms with Crippen molar-refractivity contribution in [3.05, 3.63) is 22.0 Å². The first-order chi connectivity index (χ1) is 16.3. The highest BCUT2D eigenvalue weighted by atomic mass is 32.2. The SMILES string of the molecule is CC(C)(CCCCC1CC=C(CCCC2=CCC(CCCCC(C)(C)C(=O)O)S2=O)S1=O)C(=O)O. The van der Waals surface area contributed by atoms with E-state index in [1.165, 1.54) is 0 Å². The van der Waals surface area contributed by atoms with Crippen molar-refractivity contribution >= 4 is 33.5 Å². The molecule has 4 atom stereocenters. The third-order valence-electron chi connectivity index (χ3n) is 7.50. The predicted octanol–water partition coefficient (Wildman–Crippen LogP) is 6.31. The average molecular weight is 529 g/mol. The van der Waals surface area contributed by atoms with Crippen LogP contribution in [0.1, 0.15) is 111 Å². The van der Waals surface area contributed by atoms with Gasteiger partial charge >= 0.3 is 11.9 Å². The van der Waals surface area contributed by atoms with Gasteiger partial charge in [0.25, 0.3) is 0 Å². The maximum Gasteiger partial charge on any atom is 0.309 e. The highest BCUT2D eigenvalue weighted by Crippen LogP contribution is 2.33. The Morgan fingerprint density at radius 2 is 1.11 bits per heavy atom. The summed E-state index contributed by atoms with van der Waals surface area (Å²) >= 11 is 0. The van der Waals surface area contributed by atoms with Crippen LogP contribution in [0.25, 0.3) is 0 Å². The Bertz CT molecular complexity index is 801. The smallest absolute Gasteiger partial charge is 0.309 e. The van der Waals surface area contributed by atoms with Gasteiger partial charge in [-0.2, -0.15) is 0 Å². The second-order valence-corrected chi connectivity index (χ2v) is 14.9. The Morgan fingerprint density at radius 3 is 1.46 bits per heavy atom. The number of carboxylic acids is 2. The van der Waals surface area contributed by atoms with E-state index in [0.29, 0.717) is 12.8 Å². The van der Waals surface area contributed by atoms with Crippen LogP contribution in [0.4, 0.5) is 0 Å². The largest absolute Gasteiger partial charge is 0.481 e. The summed E-state index contributed by atoms with van der Waals surface area (Å²) in [7, 11) is -1.92. The standard InChI is InChI=1S/C27H44O6S2/c1-26(2,24(28)29)18-7-5-10-20-14-16-22(34(20)32)12-9-13-23-17-15-21(35(23)33)11-6-8-19-27(3,4)25(30)31/h16-17,20-21H,5-15,18-19H2,1-4H3,(H,28,29)(H,30,31). The summed E-state index contributed by atoms with van der Waals surface area (Å²) in [5.41, 5.74) is -1.41. The van der Waals surface area contributed by atoms with Gasteiger partial charge in [0.1, 0.15) is 0 Å². The minimum absolute atomic E-state index is 0.147. The first kappa shape index (κ1) is 29.9. The molecule has 0 aromatic heterocycles. The topological polar surface area (TPSA) is 109 Å². The second-order valence-electron chi connectivity index (χ2n) is 11.4. The molecule has 2 aliphatic rings. The van der Waals surface area contributed by atoms with Gasteiger partial charge in [0, 0.05) is 20.3 Å². The van der Waals surface area contributed by atoms with Gasteiger partial charge in [0.2, 0.25) is 0 Å². The molecule has 0 radical (unpaired) electrons. The molecule has 0 spiro atoms. The van der Waals surface area contributed by atoms with Crippen LogP contribution in [0, 0.1) is 10.8 Å². The van der Waals surface area contributed by atoms with Gasteiger partial charge in [-0.05, 0) is 85.5 Å². The molecule has 6 nitrogen and oxygen atoms in total. The first-order valence-corrected chi connectivity index (χ1v) is 15.4. The molecule has 35 heavy (non-hydrogen) atoms. The van der Waals surface area contributed by atoms with E-state index in [1.54, 1.807) is 27.7 Å². The Balaban J connectivity index is 1.63. The quantitative estimate of drug-likeness (QED) is 0.227. The molecule has 0 saturated carbocycles. The molecular weight excluding hydrogens is 484 g/mol. The van der Waals surface area contributed by atoms with Gasteiger partial charge in [0.05, 0.1) is 32.4 Å². The zero-order chi connectivity index (χ0) is 26.2. The Kier molecular flexibility index (Phi) is 11.4. The summed E-state index contributed by atoms with van der Waals surface area (Å²) in [6, 6.07) is 0. The fraction of sp³-hybridized carbons (Fsp3) is 0.778. The van der Waals surface area contributed by atoms with E-state index >= 15 is 0 Å². The molecule has 0 aromatic rings. The van der Waals surface area contributed by atoms with Crippen LogP contribution in [0.5, 0.6) is 0 Å². The molecule has 2 rings (SSSR count). The molecule has 2 aliphatic heterocycles. The normalized spacial score (nSPS) is 24.9. The number of hydrogen-bond donors (Lipinski definition) is 2. The molecule has 8 heteroatoms. The van der Waals surface area contributed by atoms with Crippen LogP contribution in [0.15, 0.2) is 22.0 Å². The van der Waals surface area contributed by atoms with E-state index in [9.17, 15) is 28.2 Å². The molecule has 2 heterocycles. The molecule has 4 unspecified atom stereocenters. The highest BCUT2D eigenvalue weighted by molar-refractivity contribution is 7.90. The molecule has 0 aliphatic carbocycles. The summed E-state index contributed by atoms with van der Waals surface area (Å²) in [4.78, 5) is 24.5. The Morgan fingerprint density at radius 1 is 0.743 bits per heavy atom. The van der Waals surface area contributed by atoms with Gasteiger partial charge < -0.3 is 10.2 Å². The fourth-order valence-electron chi connectivity index (χ4n) is 4.68. The first-order valence-electron chi connectivity index (χ1n) is 13.0. The van der Waals surface area contributed by atoms with Gasteiger partial charge in [-0.1, -0.05) is 37.8 Å². The Labute approximate surface area is 215 Å². The molecular formula is C27H44O6S2. The lowest BCUT2D eigenvalue weighted by Gasteiger charge is -2.19. The predicted molar refractivity (Wildman–Crippen MR) is 143 cm³/mol. The number of carboxylic acid groups (broad SMARTS) is 2. The van der Waals surface area contributed by atoms with E-state index in [0.717, 1.165) is 80.4 Å². The van der Waals surface area contributed by atoms with Crippen LogP contribution < -0.4 is 0 Å². The van der Waals surface area contributed by atoms with E-state index in [4.69, 9.17) is 0 Å². The summed E-state index contributed by atoms with van der Waals surface area (Å²) in [5, 5.41) is 18.7. The zero-order valence-electron chi connectivity index (χ0n) is 21.8. The van der Waals surface area contributed by atoms with Crippen molar-refractivity contribution < 1.29 is 28.2 Å². The minimum atomic E-state index is -0.959. The molecule has 200 valence electrons. The summed E-state index contributed by atoms with van der Waals surface area (Å²) in [6.07, 6.45) is 14.8. The van der Waals surface area contributed by atoms with Crippen LogP contribution >= 0.6 is 0 Å². The summed E-state index contributed by atoms with van der Waals surface area (Å²) in [5.74, 6) is -1.54. The molecule has 0 aromatic carbocycles. The lowest BCUT2D eigenvalue weighted by Crippen LogP contribution is -2.23. The van der Waals surface area contributed by atoms with Crippen molar-refractivity contribution in [2.24, 2.45) is 10.8 Å². The summed E-state index contributed by atoms with van der Waals surface area (Å²) < 4.78 is 25.7. The fourth-order valence-corrected chi connectivity index (χ4v) is 8.05. The van der Waals surface area contributed by atoms with E-state index in [2.05, 4.69) is 12.2 Å². The van der Waals surface area contributed by atoms with E-state index in [-0.39, 0.29) is 10.5 Å². The highest BCUT2D eigenvalue weighted by Gasteiger charge is 2.30. The van der Waals surface area contributed by atoms with Gasteiger partial charge in [0.15, 0.2) is 0 Å². The van der Waals surface area contributed by atoms with E-state index < -0.39 is 44.4 Å². The van der Waals surface area contributed by atoms with E-state index in [1.807, 2.05) is 0 Å². The maximum absolute atomic E-state index is 12.8. The van der Waals surface area contributed by atoms with Crippen molar-refractivity contribution in [2.45, 2.75) is 122 Å². The van der Waals surface area contributed by atoms with Crippen LogP contribution in [0.2, 0.25) is 0 Å². The van der Waals surface area contributed by atoms with Crippen molar-refractivity contribution in [2.75, 3.05) is 0 Å². The zero-order valence-corrected chi connectivity index (χ0v) is 23.5. The van der Waals surface area contributed by atoms with Crippen LogP contribution in [-0.4, -0.2) is 41.1 Å². The maximum atomic E-state index is 12.8. The molecule has 0 bridgehead atoms. The van der Waals surface area contributed by atoms with Gasteiger partial charge in [-0.3, -0.25) is 18.0 Å². The van der Waals surface area contributed by atoms with Gasteiger partial charge in [-0.15, -0.1) is 0 Å². The average Bonchev–Trinajstić information content (AvgIpc) is 3.31. The number of aliphatic carboxylic acids is 2. The lowest BCUT2D eigenvalue weighted by molar-refractivity contribution is -0.148. The minimum Gasteiger partial charge on any atom is -0.481 e. The number of carbonyl (C=O) groups is 2. The number of unbranched alkanes of at least 4 members (excludes halogenated alkanes) is 2. The Hall–Kier alpha value is -1.28. The lowest BCUT2D eigenvalue weighted by atomic mass is 9.87. The van der Waals surface area contributed by atoms with Crippen molar-refractivity contribution in [1.82, 2.24) is 0 Å². The third kappa shape index (κ3) is 8.96. The van der Waals surface area contributed by atoms with Crippen molar-refractivity contribution in [3.63, 3.8) is 0 Å². The van der Waals surface area contributed by atoms with Crippen molar-refractivity contribution in [3.8, 4) is 0 Å². The van der Waals surface area contributed by atoms with Gasteiger partial charge in [-0.25, -0.2) is 0 Å². The number of allylic oxidation sites excluding steroid dienone is 4. The summed E-state index contributed by atoms with van der Waals surface area (Å²) in [6.45, 7) is 7.00. The molecule has 0 amide bonds. The second kappa shape index (κ2) is 13.3. The third-order valence-corrected chi connectivity index (χ3v) is 11.3. The van der Waals surface area contributed by atoms with Crippen LogP contribution in [-0.2, 0) is 31.2 Å². The number of rotatable bonds is 16. The molecule has 0 fully saturated rings. The van der Waals surface area contributed by atoms with Crippen LogP contribution in [0.3, 0.4) is 0 Å².